The van der Waals surface area contributed by atoms with Gasteiger partial charge in [0.25, 0.3) is 5.56 Å². The molecule has 2 aliphatic rings. The van der Waals surface area contributed by atoms with E-state index in [1.54, 1.807) is 4.90 Å². The van der Waals surface area contributed by atoms with Gasteiger partial charge in [-0.2, -0.15) is 5.26 Å². The molecule has 32 heavy (non-hydrogen) atoms. The van der Waals surface area contributed by atoms with Crippen molar-refractivity contribution < 1.29 is 14.0 Å². The minimum atomic E-state index is -0.601. The van der Waals surface area contributed by atoms with Crippen molar-refractivity contribution in [1.29, 1.82) is 5.26 Å². The van der Waals surface area contributed by atoms with Crippen LogP contribution in [-0.4, -0.2) is 45.0 Å². The van der Waals surface area contributed by atoms with Crippen LogP contribution in [0.4, 0.5) is 10.2 Å². The Labute approximate surface area is 182 Å². The third-order valence-corrected chi connectivity index (χ3v) is 6.07. The largest absolute Gasteiger partial charge is 0.356 e. The SMILES string of the molecule is Cn1c(=O)cc(N2CCC[C@@H](N3C(=O)CCC3=O)C2)n(Cc2cc(F)ccc2C#N)c1=O. The van der Waals surface area contributed by atoms with Gasteiger partial charge in [0.15, 0.2) is 0 Å². The fraction of sp³-hybridized carbons (Fsp3) is 0.409. The number of anilines is 1. The molecule has 0 bridgehead atoms. The summed E-state index contributed by atoms with van der Waals surface area (Å²) in [6, 6.07) is 6.69. The van der Waals surface area contributed by atoms with E-state index in [1.165, 1.54) is 40.8 Å². The molecule has 9 nitrogen and oxygen atoms in total. The van der Waals surface area contributed by atoms with E-state index in [-0.39, 0.29) is 42.8 Å². The Kier molecular flexibility index (Phi) is 5.65. The molecule has 166 valence electrons. The third-order valence-electron chi connectivity index (χ3n) is 6.07. The number of carbonyl (C=O) groups is 2. The lowest BCUT2D eigenvalue weighted by Crippen LogP contribution is -2.52. The molecule has 0 radical (unpaired) electrons. The normalized spacial score (nSPS) is 18.8. The Morgan fingerprint density at radius 1 is 1.12 bits per heavy atom. The van der Waals surface area contributed by atoms with Crippen molar-refractivity contribution in [2.24, 2.45) is 7.05 Å². The summed E-state index contributed by atoms with van der Waals surface area (Å²) < 4.78 is 16.1. The van der Waals surface area contributed by atoms with Crippen LogP contribution in [0.2, 0.25) is 0 Å². The number of nitrogens with zero attached hydrogens (tertiary/aromatic N) is 5. The molecule has 1 aromatic carbocycles. The first-order valence-corrected chi connectivity index (χ1v) is 10.4. The van der Waals surface area contributed by atoms with Gasteiger partial charge in [-0.3, -0.25) is 28.4 Å². The number of likely N-dealkylation sites (tertiary alicyclic amines) is 1. The molecule has 0 saturated carbocycles. The molecule has 0 spiro atoms. The highest BCUT2D eigenvalue weighted by Crippen LogP contribution is 2.26. The number of amides is 2. The monoisotopic (exact) mass is 439 g/mol. The van der Waals surface area contributed by atoms with Crippen molar-refractivity contribution in [2.75, 3.05) is 18.0 Å². The van der Waals surface area contributed by atoms with Crippen molar-refractivity contribution in [3.05, 3.63) is 62.0 Å². The molecule has 0 N–H and O–H groups in total. The van der Waals surface area contributed by atoms with Crippen molar-refractivity contribution in [2.45, 2.75) is 38.3 Å². The minimum Gasteiger partial charge on any atom is -0.356 e. The van der Waals surface area contributed by atoms with Gasteiger partial charge in [0.2, 0.25) is 11.8 Å². The summed E-state index contributed by atoms with van der Waals surface area (Å²) >= 11 is 0. The Morgan fingerprint density at radius 2 is 1.84 bits per heavy atom. The molecule has 2 amide bonds. The Morgan fingerprint density at radius 3 is 2.53 bits per heavy atom. The Bertz CT molecular complexity index is 1240. The van der Waals surface area contributed by atoms with E-state index in [1.807, 2.05) is 6.07 Å². The summed E-state index contributed by atoms with van der Waals surface area (Å²) in [5.41, 5.74) is -0.566. The molecule has 2 saturated heterocycles. The van der Waals surface area contributed by atoms with Crippen LogP contribution >= 0.6 is 0 Å². The molecule has 10 heteroatoms. The number of piperidine rings is 1. The summed E-state index contributed by atoms with van der Waals surface area (Å²) in [5, 5.41) is 9.38. The molecule has 1 atom stereocenters. The number of nitriles is 1. The van der Waals surface area contributed by atoms with Gasteiger partial charge < -0.3 is 4.90 Å². The first-order valence-electron chi connectivity index (χ1n) is 10.4. The van der Waals surface area contributed by atoms with Crippen molar-refractivity contribution in [1.82, 2.24) is 14.0 Å². The zero-order valence-electron chi connectivity index (χ0n) is 17.6. The molecule has 2 aromatic rings. The lowest BCUT2D eigenvalue weighted by atomic mass is 10.0. The summed E-state index contributed by atoms with van der Waals surface area (Å²) in [4.78, 5) is 52.9. The van der Waals surface area contributed by atoms with Crippen molar-refractivity contribution in [3.63, 3.8) is 0 Å². The first-order chi connectivity index (χ1) is 15.3. The number of halogens is 1. The molecular weight excluding hydrogens is 417 g/mol. The van der Waals surface area contributed by atoms with Gasteiger partial charge in [-0.1, -0.05) is 0 Å². The topological polar surface area (TPSA) is 108 Å². The third kappa shape index (κ3) is 3.82. The maximum Gasteiger partial charge on any atom is 0.332 e. The highest BCUT2D eigenvalue weighted by molar-refractivity contribution is 6.02. The summed E-state index contributed by atoms with van der Waals surface area (Å²) in [6.07, 6.45) is 1.70. The molecule has 1 aromatic heterocycles. The van der Waals surface area contributed by atoms with Gasteiger partial charge in [0.05, 0.1) is 24.2 Å². The van der Waals surface area contributed by atoms with Gasteiger partial charge in [-0.15, -0.1) is 0 Å². The molecule has 2 fully saturated rings. The van der Waals surface area contributed by atoms with Crippen LogP contribution in [0.1, 0.15) is 36.8 Å². The van der Waals surface area contributed by atoms with Crippen LogP contribution < -0.4 is 16.1 Å². The van der Waals surface area contributed by atoms with E-state index >= 15 is 0 Å². The Hall–Kier alpha value is -3.74. The van der Waals surface area contributed by atoms with Gasteiger partial charge in [-0.05, 0) is 36.6 Å². The van der Waals surface area contributed by atoms with E-state index in [0.29, 0.717) is 37.3 Å². The zero-order chi connectivity index (χ0) is 23.0. The number of carbonyl (C=O) groups excluding carboxylic acids is 2. The predicted molar refractivity (Wildman–Crippen MR) is 112 cm³/mol. The van der Waals surface area contributed by atoms with E-state index in [9.17, 15) is 28.8 Å². The molecule has 4 rings (SSSR count). The second-order valence-electron chi connectivity index (χ2n) is 8.08. The first kappa shape index (κ1) is 21.5. The molecule has 0 unspecified atom stereocenters. The predicted octanol–water partition coefficient (Wildman–Crippen LogP) is 0.724. The average Bonchev–Trinajstić information content (AvgIpc) is 3.12. The van der Waals surface area contributed by atoms with Crippen LogP contribution in [0.5, 0.6) is 0 Å². The fourth-order valence-corrected chi connectivity index (χ4v) is 4.42. The van der Waals surface area contributed by atoms with Crippen LogP contribution in [0.3, 0.4) is 0 Å². The lowest BCUT2D eigenvalue weighted by molar-refractivity contribution is -0.141. The average molecular weight is 439 g/mol. The number of hydrogen-bond acceptors (Lipinski definition) is 6. The standard InChI is InChI=1S/C22H22FN5O4/c1-25-21(31)10-18(26-8-2-3-17(13-26)28-19(29)6-7-20(28)30)27(22(25)32)12-15-9-16(23)5-4-14(15)11-24/h4-5,9-10,17H,2-3,6-8,12-13H2,1H3/t17-/m1/s1. The second-order valence-corrected chi connectivity index (χ2v) is 8.08. The van der Waals surface area contributed by atoms with Crippen molar-refractivity contribution in [3.8, 4) is 6.07 Å². The van der Waals surface area contributed by atoms with Crippen LogP contribution in [-0.2, 0) is 23.2 Å². The van der Waals surface area contributed by atoms with Gasteiger partial charge >= 0.3 is 5.69 Å². The highest BCUT2D eigenvalue weighted by Gasteiger charge is 2.37. The number of aromatic nitrogens is 2. The maximum atomic E-state index is 13.9. The number of benzene rings is 1. The minimum absolute atomic E-state index is 0.105. The lowest BCUT2D eigenvalue weighted by Gasteiger charge is -2.38. The molecule has 0 aliphatic carbocycles. The maximum absolute atomic E-state index is 13.9. The summed E-state index contributed by atoms with van der Waals surface area (Å²) in [7, 11) is 1.35. The number of rotatable bonds is 4. The summed E-state index contributed by atoms with van der Waals surface area (Å²) in [6.45, 7) is 0.706. The van der Waals surface area contributed by atoms with Crippen molar-refractivity contribution >= 4 is 17.6 Å². The van der Waals surface area contributed by atoms with Gasteiger partial charge in [0, 0.05) is 39.0 Å². The summed E-state index contributed by atoms with van der Waals surface area (Å²) in [5.74, 6) is -0.638. The van der Waals surface area contributed by atoms with E-state index < -0.39 is 17.1 Å². The van der Waals surface area contributed by atoms with Crippen LogP contribution in [0.25, 0.3) is 0 Å². The highest BCUT2D eigenvalue weighted by atomic mass is 19.1. The Balaban J connectivity index is 1.75. The number of hydrogen-bond donors (Lipinski definition) is 0. The van der Waals surface area contributed by atoms with Crippen LogP contribution in [0.15, 0.2) is 33.9 Å². The van der Waals surface area contributed by atoms with Crippen LogP contribution in [0, 0.1) is 17.1 Å². The van der Waals surface area contributed by atoms with E-state index in [4.69, 9.17) is 0 Å². The number of imide groups is 1. The van der Waals surface area contributed by atoms with Gasteiger partial charge in [-0.25, -0.2) is 9.18 Å². The van der Waals surface area contributed by atoms with Gasteiger partial charge in [0.1, 0.15) is 11.6 Å². The fourth-order valence-electron chi connectivity index (χ4n) is 4.42. The molecule has 2 aliphatic heterocycles. The molecule has 3 heterocycles. The second kappa shape index (κ2) is 8.42. The van der Waals surface area contributed by atoms with E-state index in [0.717, 1.165) is 4.57 Å². The smallest absolute Gasteiger partial charge is 0.332 e. The quantitative estimate of drug-likeness (QED) is 0.650. The van der Waals surface area contributed by atoms with E-state index in [2.05, 4.69) is 0 Å². The molecular formula is C22H22FN5O4. The zero-order valence-corrected chi connectivity index (χ0v) is 17.6.